The van der Waals surface area contributed by atoms with E-state index in [4.69, 9.17) is 0 Å². The number of rotatable bonds is 2. The first-order valence-corrected chi connectivity index (χ1v) is 7.65. The lowest BCUT2D eigenvalue weighted by atomic mass is 9.84. The third-order valence-corrected chi connectivity index (χ3v) is 4.73. The summed E-state index contributed by atoms with van der Waals surface area (Å²) < 4.78 is 0. The van der Waals surface area contributed by atoms with Crippen LogP contribution >= 0.6 is 0 Å². The zero-order valence-corrected chi connectivity index (χ0v) is 12.7. The van der Waals surface area contributed by atoms with Gasteiger partial charge in [0.05, 0.1) is 0 Å². The van der Waals surface area contributed by atoms with Crippen molar-refractivity contribution in [2.75, 3.05) is 45.8 Å². The van der Waals surface area contributed by atoms with Gasteiger partial charge in [0.1, 0.15) is 0 Å². The number of hydrogen-bond acceptors (Lipinski definition) is 3. The van der Waals surface area contributed by atoms with Crippen molar-refractivity contribution >= 4 is 0 Å². The second-order valence-corrected chi connectivity index (χ2v) is 7.19. The molecule has 0 aliphatic carbocycles. The van der Waals surface area contributed by atoms with E-state index in [2.05, 4.69) is 42.8 Å². The minimum atomic E-state index is 0.342. The third kappa shape index (κ3) is 3.69. The van der Waals surface area contributed by atoms with Crippen molar-refractivity contribution in [1.82, 2.24) is 15.1 Å². The van der Waals surface area contributed by atoms with Crippen LogP contribution in [0.25, 0.3) is 0 Å². The Bertz CT molecular complexity index is 253. The van der Waals surface area contributed by atoms with Gasteiger partial charge in [-0.05, 0) is 45.6 Å². The van der Waals surface area contributed by atoms with Gasteiger partial charge in [0, 0.05) is 44.8 Å². The van der Waals surface area contributed by atoms with Crippen molar-refractivity contribution in [3.05, 3.63) is 0 Å². The van der Waals surface area contributed by atoms with Crippen LogP contribution in [0.3, 0.4) is 0 Å². The van der Waals surface area contributed by atoms with Gasteiger partial charge in [-0.3, -0.25) is 4.90 Å². The highest BCUT2D eigenvalue weighted by Crippen LogP contribution is 2.28. The SMILES string of the molecule is CC1CN(C(C)(C)C)CCC1CN1CCNCC1. The average molecular weight is 253 g/mol. The molecular formula is C15H31N3. The van der Waals surface area contributed by atoms with Gasteiger partial charge in [-0.15, -0.1) is 0 Å². The topological polar surface area (TPSA) is 18.5 Å². The van der Waals surface area contributed by atoms with E-state index in [1.165, 1.54) is 52.2 Å². The van der Waals surface area contributed by atoms with Crippen LogP contribution in [0.15, 0.2) is 0 Å². The Hall–Kier alpha value is -0.120. The zero-order chi connectivity index (χ0) is 13.2. The van der Waals surface area contributed by atoms with Crippen LogP contribution in [-0.2, 0) is 0 Å². The molecule has 2 atom stereocenters. The van der Waals surface area contributed by atoms with Gasteiger partial charge in [0.15, 0.2) is 0 Å². The monoisotopic (exact) mass is 253 g/mol. The van der Waals surface area contributed by atoms with Crippen LogP contribution < -0.4 is 5.32 Å². The highest BCUT2D eigenvalue weighted by Gasteiger charge is 2.32. The largest absolute Gasteiger partial charge is 0.314 e. The maximum absolute atomic E-state index is 3.44. The smallest absolute Gasteiger partial charge is 0.0125 e. The molecule has 0 amide bonds. The molecule has 1 N–H and O–H groups in total. The predicted octanol–water partition coefficient (Wildman–Crippen LogP) is 1.65. The van der Waals surface area contributed by atoms with Gasteiger partial charge in [0.25, 0.3) is 0 Å². The first-order valence-electron chi connectivity index (χ1n) is 7.65. The molecule has 3 nitrogen and oxygen atoms in total. The molecule has 0 saturated carbocycles. The fraction of sp³-hybridized carbons (Fsp3) is 1.00. The lowest BCUT2D eigenvalue weighted by Gasteiger charge is -2.45. The Labute approximate surface area is 113 Å². The van der Waals surface area contributed by atoms with Crippen molar-refractivity contribution in [1.29, 1.82) is 0 Å². The van der Waals surface area contributed by atoms with Gasteiger partial charge in [0.2, 0.25) is 0 Å². The maximum atomic E-state index is 3.44. The summed E-state index contributed by atoms with van der Waals surface area (Å²) in [5, 5.41) is 3.44. The molecule has 2 aliphatic rings. The fourth-order valence-electron chi connectivity index (χ4n) is 3.30. The molecule has 0 aromatic carbocycles. The summed E-state index contributed by atoms with van der Waals surface area (Å²) in [5.74, 6) is 1.74. The quantitative estimate of drug-likeness (QED) is 0.807. The van der Waals surface area contributed by atoms with E-state index in [-0.39, 0.29) is 0 Å². The van der Waals surface area contributed by atoms with Crippen LogP contribution in [-0.4, -0.2) is 61.2 Å². The number of piperazine rings is 1. The van der Waals surface area contributed by atoms with Crippen molar-refractivity contribution in [3.8, 4) is 0 Å². The molecule has 2 heterocycles. The number of piperidine rings is 1. The summed E-state index contributed by atoms with van der Waals surface area (Å²) in [7, 11) is 0. The lowest BCUT2D eigenvalue weighted by Crippen LogP contribution is -2.52. The number of likely N-dealkylation sites (tertiary alicyclic amines) is 1. The highest BCUT2D eigenvalue weighted by atomic mass is 15.2. The minimum Gasteiger partial charge on any atom is -0.314 e. The molecule has 0 radical (unpaired) electrons. The summed E-state index contributed by atoms with van der Waals surface area (Å²) in [6.45, 7) is 18.2. The molecule has 2 unspecified atom stereocenters. The molecule has 106 valence electrons. The van der Waals surface area contributed by atoms with Gasteiger partial charge < -0.3 is 10.2 Å². The second kappa shape index (κ2) is 5.89. The highest BCUT2D eigenvalue weighted by molar-refractivity contribution is 4.86. The van der Waals surface area contributed by atoms with E-state index in [1.807, 2.05) is 0 Å². The first-order chi connectivity index (χ1) is 8.47. The molecule has 0 bridgehead atoms. The molecule has 18 heavy (non-hydrogen) atoms. The fourth-order valence-corrected chi connectivity index (χ4v) is 3.30. The summed E-state index contributed by atoms with van der Waals surface area (Å²) >= 11 is 0. The maximum Gasteiger partial charge on any atom is 0.0125 e. The van der Waals surface area contributed by atoms with Gasteiger partial charge in [-0.1, -0.05) is 6.92 Å². The third-order valence-electron chi connectivity index (χ3n) is 4.73. The predicted molar refractivity (Wildman–Crippen MR) is 77.9 cm³/mol. The molecular weight excluding hydrogens is 222 g/mol. The molecule has 0 aromatic heterocycles. The van der Waals surface area contributed by atoms with E-state index in [1.54, 1.807) is 0 Å². The normalized spacial score (nSPS) is 32.7. The molecule has 2 aliphatic heterocycles. The number of nitrogens with one attached hydrogen (secondary N) is 1. The summed E-state index contributed by atoms with van der Waals surface area (Å²) in [6, 6.07) is 0. The Kier molecular flexibility index (Phi) is 4.68. The zero-order valence-electron chi connectivity index (χ0n) is 12.7. The van der Waals surface area contributed by atoms with E-state index in [9.17, 15) is 0 Å². The standard InChI is InChI=1S/C15H31N3/c1-13-11-18(15(2,3)4)8-5-14(13)12-17-9-6-16-7-10-17/h13-14,16H,5-12H2,1-4H3. The summed E-state index contributed by atoms with van der Waals surface area (Å²) in [4.78, 5) is 5.32. The van der Waals surface area contributed by atoms with Crippen LogP contribution in [0.4, 0.5) is 0 Å². The van der Waals surface area contributed by atoms with E-state index >= 15 is 0 Å². The van der Waals surface area contributed by atoms with Crippen LogP contribution in [0, 0.1) is 11.8 Å². The second-order valence-electron chi connectivity index (χ2n) is 7.19. The Balaban J connectivity index is 1.81. The average Bonchev–Trinajstić information content (AvgIpc) is 2.32. The van der Waals surface area contributed by atoms with Gasteiger partial charge >= 0.3 is 0 Å². The van der Waals surface area contributed by atoms with E-state index < -0.39 is 0 Å². The molecule has 2 rings (SSSR count). The summed E-state index contributed by atoms with van der Waals surface area (Å²) in [6.07, 6.45) is 1.38. The van der Waals surface area contributed by atoms with Gasteiger partial charge in [-0.2, -0.15) is 0 Å². The first kappa shape index (κ1) is 14.3. The van der Waals surface area contributed by atoms with Crippen LogP contribution in [0.1, 0.15) is 34.1 Å². The van der Waals surface area contributed by atoms with Gasteiger partial charge in [-0.25, -0.2) is 0 Å². The van der Waals surface area contributed by atoms with Crippen molar-refractivity contribution < 1.29 is 0 Å². The van der Waals surface area contributed by atoms with Crippen molar-refractivity contribution in [3.63, 3.8) is 0 Å². The Morgan fingerprint density at radius 2 is 1.78 bits per heavy atom. The Morgan fingerprint density at radius 3 is 2.33 bits per heavy atom. The molecule has 2 fully saturated rings. The molecule has 0 aromatic rings. The van der Waals surface area contributed by atoms with Crippen molar-refractivity contribution in [2.45, 2.75) is 39.7 Å². The van der Waals surface area contributed by atoms with Crippen LogP contribution in [0.5, 0.6) is 0 Å². The lowest BCUT2D eigenvalue weighted by molar-refractivity contribution is 0.0377. The van der Waals surface area contributed by atoms with Crippen molar-refractivity contribution in [2.24, 2.45) is 11.8 Å². The molecule has 3 heteroatoms. The number of nitrogens with zero attached hydrogens (tertiary/aromatic N) is 2. The summed E-state index contributed by atoms with van der Waals surface area (Å²) in [5.41, 5.74) is 0.342. The number of hydrogen-bond donors (Lipinski definition) is 1. The van der Waals surface area contributed by atoms with Crippen LogP contribution in [0.2, 0.25) is 0 Å². The Morgan fingerprint density at radius 1 is 1.11 bits per heavy atom. The van der Waals surface area contributed by atoms with E-state index in [0.717, 1.165) is 11.8 Å². The molecule has 2 saturated heterocycles. The minimum absolute atomic E-state index is 0.342. The van der Waals surface area contributed by atoms with E-state index in [0.29, 0.717) is 5.54 Å². The molecule has 0 spiro atoms.